The minimum atomic E-state index is -2.86. The number of nitrogens with zero attached hydrogens (tertiary/aromatic N) is 5. The summed E-state index contributed by atoms with van der Waals surface area (Å²) in [6.45, 7) is 3.88. The first-order valence-corrected chi connectivity index (χ1v) is 15.2. The third-order valence-electron chi connectivity index (χ3n) is 9.00. The normalized spacial score (nSPS) is 20.8. The van der Waals surface area contributed by atoms with Crippen LogP contribution in [-0.2, 0) is 18.8 Å². The third-order valence-corrected chi connectivity index (χ3v) is 9.23. The van der Waals surface area contributed by atoms with Gasteiger partial charge in [-0.1, -0.05) is 28.9 Å². The Kier molecular flexibility index (Phi) is 7.45. The Morgan fingerprint density at radius 2 is 1.93 bits per heavy atom. The number of nitriles is 1. The second-order valence-electron chi connectivity index (χ2n) is 12.2. The summed E-state index contributed by atoms with van der Waals surface area (Å²) in [4.78, 5) is 10.8. The molecule has 12 heteroatoms. The van der Waals surface area contributed by atoms with Crippen LogP contribution >= 0.6 is 11.6 Å². The maximum atomic E-state index is 14.8. The summed E-state index contributed by atoms with van der Waals surface area (Å²) < 4.78 is 58.0. The van der Waals surface area contributed by atoms with E-state index in [-0.39, 0.29) is 17.3 Å². The number of para-hydroxylation sites is 1. The second-order valence-corrected chi connectivity index (χ2v) is 12.6. The van der Waals surface area contributed by atoms with E-state index in [2.05, 4.69) is 25.6 Å². The van der Waals surface area contributed by atoms with Crippen LogP contribution in [-0.4, -0.2) is 33.1 Å². The van der Waals surface area contributed by atoms with Gasteiger partial charge in [0.2, 0.25) is 5.82 Å². The first kappa shape index (κ1) is 29.6. The fraction of sp³-hybridized carbons (Fsp3) is 0.394. The molecule has 1 saturated carbocycles. The molecule has 4 heterocycles. The van der Waals surface area contributed by atoms with Crippen molar-refractivity contribution in [3.05, 3.63) is 87.8 Å². The van der Waals surface area contributed by atoms with Gasteiger partial charge in [-0.05, 0) is 87.0 Å². The van der Waals surface area contributed by atoms with Crippen LogP contribution in [0.15, 0.2) is 53.2 Å². The van der Waals surface area contributed by atoms with Crippen molar-refractivity contribution in [2.75, 3.05) is 13.1 Å². The number of rotatable bonds is 8. The first-order valence-electron chi connectivity index (χ1n) is 14.9. The Bertz CT molecular complexity index is 1800. The minimum absolute atomic E-state index is 0.0460. The lowest BCUT2D eigenvalue weighted by Crippen LogP contribution is -2.34. The monoisotopic (exact) mass is 635 g/mol. The van der Waals surface area contributed by atoms with Gasteiger partial charge in [0.1, 0.15) is 5.82 Å². The van der Waals surface area contributed by atoms with Crippen LogP contribution in [0.2, 0.25) is 5.02 Å². The van der Waals surface area contributed by atoms with E-state index in [0.717, 1.165) is 55.6 Å². The van der Waals surface area contributed by atoms with E-state index in [1.807, 2.05) is 24.3 Å². The number of alkyl halides is 2. The molecule has 2 aromatic carbocycles. The van der Waals surface area contributed by atoms with E-state index in [1.165, 1.54) is 6.07 Å². The lowest BCUT2D eigenvalue weighted by molar-refractivity contribution is -0.0712. The van der Waals surface area contributed by atoms with Gasteiger partial charge in [-0.3, -0.25) is 9.88 Å². The van der Waals surface area contributed by atoms with Crippen molar-refractivity contribution in [2.24, 2.45) is 5.41 Å². The molecule has 232 valence electrons. The predicted molar refractivity (Wildman–Crippen MR) is 157 cm³/mol. The number of pyridine rings is 1. The number of halogens is 4. The number of piperidine rings is 1. The maximum absolute atomic E-state index is 14.8. The minimum Gasteiger partial charge on any atom is -0.444 e. The molecule has 7 rings (SSSR count). The number of benzene rings is 2. The molecular formula is C33H29ClF3N5O3. The Labute approximate surface area is 262 Å². The topological polar surface area (TPSA) is 97.3 Å². The first-order chi connectivity index (χ1) is 21.6. The average molecular weight is 636 g/mol. The van der Waals surface area contributed by atoms with E-state index in [0.29, 0.717) is 35.1 Å². The summed E-state index contributed by atoms with van der Waals surface area (Å²) in [5, 5.41) is 13.8. The predicted octanol–water partition coefficient (Wildman–Crippen LogP) is 7.73. The van der Waals surface area contributed by atoms with Gasteiger partial charge in [0.25, 0.3) is 11.7 Å². The number of fused-ring (bicyclic) bond motifs is 1. The summed E-state index contributed by atoms with van der Waals surface area (Å²) in [6.07, 6.45) is 2.59. The van der Waals surface area contributed by atoms with Crippen LogP contribution in [0.5, 0.6) is 11.5 Å². The fourth-order valence-corrected chi connectivity index (χ4v) is 6.45. The van der Waals surface area contributed by atoms with Crippen LogP contribution in [0.4, 0.5) is 13.2 Å². The molecule has 0 unspecified atom stereocenters. The molecule has 45 heavy (non-hydrogen) atoms. The van der Waals surface area contributed by atoms with Crippen LogP contribution in [0.25, 0.3) is 11.4 Å². The zero-order valence-corrected chi connectivity index (χ0v) is 25.2. The van der Waals surface area contributed by atoms with Crippen molar-refractivity contribution in [1.29, 1.82) is 5.26 Å². The van der Waals surface area contributed by atoms with Gasteiger partial charge in [0.05, 0.1) is 22.7 Å². The molecule has 0 amide bonds. The number of hydrogen-bond acceptors (Lipinski definition) is 8. The molecule has 8 nitrogen and oxygen atoms in total. The SMILES string of the molecule is C[C@]1(c2ccc(Cl)cc2F)Oc2cccc(C3CCN(Cc4ncc(-c5noc(C(F)F)n5)cc4CC4(C#N)CC4)CC3)c2O1. The molecule has 1 aliphatic carbocycles. The molecule has 0 radical (unpaired) electrons. The Hall–Kier alpha value is -4.14. The Balaban J connectivity index is 1.06. The van der Waals surface area contributed by atoms with Gasteiger partial charge < -0.3 is 14.0 Å². The summed E-state index contributed by atoms with van der Waals surface area (Å²) in [5.41, 5.74) is 3.08. The van der Waals surface area contributed by atoms with Gasteiger partial charge in [0, 0.05) is 35.8 Å². The lowest BCUT2D eigenvalue weighted by Gasteiger charge is -2.33. The molecule has 1 saturated heterocycles. The summed E-state index contributed by atoms with van der Waals surface area (Å²) in [5.74, 6) is -1.08. The highest BCUT2D eigenvalue weighted by atomic mass is 35.5. The Morgan fingerprint density at radius 3 is 2.62 bits per heavy atom. The summed E-state index contributed by atoms with van der Waals surface area (Å²) in [7, 11) is 0. The van der Waals surface area contributed by atoms with E-state index in [1.54, 1.807) is 25.3 Å². The van der Waals surface area contributed by atoms with Crippen LogP contribution in [0, 0.1) is 22.6 Å². The number of likely N-dealkylation sites (tertiary alicyclic amines) is 1. The second kappa shape index (κ2) is 11.3. The van der Waals surface area contributed by atoms with E-state index in [4.69, 9.17) is 26.1 Å². The largest absolute Gasteiger partial charge is 0.444 e. The molecule has 2 aliphatic heterocycles. The highest BCUT2D eigenvalue weighted by Gasteiger charge is 2.44. The zero-order valence-electron chi connectivity index (χ0n) is 24.4. The van der Waals surface area contributed by atoms with E-state index >= 15 is 0 Å². The van der Waals surface area contributed by atoms with Crippen LogP contribution in [0.3, 0.4) is 0 Å². The maximum Gasteiger partial charge on any atom is 0.315 e. The average Bonchev–Trinajstić information content (AvgIpc) is 3.44. The number of hydrogen-bond donors (Lipinski definition) is 0. The van der Waals surface area contributed by atoms with Crippen molar-refractivity contribution in [3.63, 3.8) is 0 Å². The van der Waals surface area contributed by atoms with Crippen molar-refractivity contribution >= 4 is 11.6 Å². The quantitative estimate of drug-likeness (QED) is 0.194. The van der Waals surface area contributed by atoms with Crippen molar-refractivity contribution < 1.29 is 27.2 Å². The summed E-state index contributed by atoms with van der Waals surface area (Å²) in [6, 6.07) is 14.5. The van der Waals surface area contributed by atoms with Crippen LogP contribution in [0.1, 0.15) is 73.2 Å². The van der Waals surface area contributed by atoms with Crippen molar-refractivity contribution in [3.8, 4) is 29.0 Å². The molecule has 0 spiro atoms. The van der Waals surface area contributed by atoms with E-state index < -0.39 is 29.3 Å². The highest BCUT2D eigenvalue weighted by Crippen LogP contribution is 2.50. The molecule has 4 aromatic rings. The third kappa shape index (κ3) is 5.73. The zero-order chi connectivity index (χ0) is 31.3. The van der Waals surface area contributed by atoms with Gasteiger partial charge in [0.15, 0.2) is 11.5 Å². The van der Waals surface area contributed by atoms with E-state index in [9.17, 15) is 18.4 Å². The van der Waals surface area contributed by atoms with Crippen molar-refractivity contribution in [1.82, 2.24) is 20.0 Å². The molecule has 1 atom stereocenters. The lowest BCUT2D eigenvalue weighted by atomic mass is 9.88. The van der Waals surface area contributed by atoms with Gasteiger partial charge in [-0.25, -0.2) is 4.39 Å². The molecule has 2 fully saturated rings. The highest BCUT2D eigenvalue weighted by molar-refractivity contribution is 6.30. The van der Waals surface area contributed by atoms with Gasteiger partial charge in [-0.2, -0.15) is 19.0 Å². The smallest absolute Gasteiger partial charge is 0.315 e. The number of ether oxygens (including phenoxy) is 2. The standard InChI is InChI=1S/C33H29ClF3N5O3/c1-32(24-6-5-22(34)14-25(24)35)43-27-4-2-3-23(28(27)44-32)19-7-11-42(12-8-19)17-26-20(15-33(18-38)9-10-33)13-21(16-39-26)30-40-31(29(36)37)45-41-30/h2-6,13-14,16,19,29H,7-12,15,17H2,1H3/t32-/m0/s1. The number of aromatic nitrogens is 3. The molecule has 2 aromatic heterocycles. The molecule has 3 aliphatic rings. The molecule has 0 N–H and O–H groups in total. The van der Waals surface area contributed by atoms with Crippen molar-refractivity contribution in [2.45, 2.75) is 63.7 Å². The molecular weight excluding hydrogens is 607 g/mol. The van der Waals surface area contributed by atoms with Gasteiger partial charge >= 0.3 is 6.43 Å². The molecule has 0 bridgehead atoms. The summed E-state index contributed by atoms with van der Waals surface area (Å²) >= 11 is 5.96. The van der Waals surface area contributed by atoms with Crippen LogP contribution < -0.4 is 9.47 Å². The Morgan fingerprint density at radius 1 is 1.13 bits per heavy atom. The van der Waals surface area contributed by atoms with Gasteiger partial charge in [-0.15, -0.1) is 0 Å². The fourth-order valence-electron chi connectivity index (χ4n) is 6.29.